The maximum Gasteiger partial charge on any atom is 0.309 e. The van der Waals surface area contributed by atoms with E-state index in [9.17, 15) is 15.0 Å². The summed E-state index contributed by atoms with van der Waals surface area (Å²) in [6, 6.07) is 0. The van der Waals surface area contributed by atoms with Crippen molar-refractivity contribution in [2.45, 2.75) is 57.8 Å². The Morgan fingerprint density at radius 2 is 2.16 bits per heavy atom. The van der Waals surface area contributed by atoms with Gasteiger partial charge in [0.1, 0.15) is 11.7 Å². The lowest BCUT2D eigenvalue weighted by atomic mass is 9.52. The number of ether oxygens (including phenoxy) is 1. The first-order chi connectivity index (χ1) is 8.82. The summed E-state index contributed by atoms with van der Waals surface area (Å²) in [6.07, 6.45) is 2.88. The third kappa shape index (κ3) is 1.39. The Labute approximate surface area is 113 Å². The Morgan fingerprint density at radius 3 is 2.84 bits per heavy atom. The molecule has 3 rings (SSSR count). The fraction of sp³-hybridized carbons (Fsp3) is 0.800. The topological polar surface area (TPSA) is 66.8 Å². The first-order valence-corrected chi connectivity index (χ1v) is 7.10. The zero-order chi connectivity index (χ0) is 14.0. The summed E-state index contributed by atoms with van der Waals surface area (Å²) in [5, 5.41) is 21.6. The van der Waals surface area contributed by atoms with Crippen molar-refractivity contribution in [2.24, 2.45) is 17.3 Å². The lowest BCUT2D eigenvalue weighted by Gasteiger charge is -2.57. The minimum atomic E-state index is -1.23. The van der Waals surface area contributed by atoms with Crippen LogP contribution >= 0.6 is 0 Å². The molecule has 3 aliphatic rings. The first kappa shape index (κ1) is 13.1. The van der Waals surface area contributed by atoms with Crippen LogP contribution in [-0.2, 0) is 9.53 Å². The lowest BCUT2D eigenvalue weighted by molar-refractivity contribution is -0.209. The molecular formula is C15H22O4. The van der Waals surface area contributed by atoms with Gasteiger partial charge in [-0.1, -0.05) is 19.9 Å². The summed E-state index contributed by atoms with van der Waals surface area (Å²) < 4.78 is 5.49. The average molecular weight is 266 g/mol. The number of hydrogen-bond acceptors (Lipinski definition) is 4. The number of carbonyl (C=O) groups excluding carboxylic acids is 1. The molecule has 4 heteroatoms. The normalized spacial score (nSPS) is 53.1. The van der Waals surface area contributed by atoms with E-state index in [4.69, 9.17) is 4.74 Å². The van der Waals surface area contributed by atoms with Crippen LogP contribution in [0, 0.1) is 17.3 Å². The largest absolute Gasteiger partial charge is 0.458 e. The van der Waals surface area contributed by atoms with Crippen LogP contribution in [0.1, 0.15) is 40.0 Å². The quantitative estimate of drug-likeness (QED) is 0.514. The van der Waals surface area contributed by atoms with Gasteiger partial charge < -0.3 is 14.9 Å². The van der Waals surface area contributed by atoms with Gasteiger partial charge in [-0.3, -0.25) is 4.79 Å². The van der Waals surface area contributed by atoms with Crippen LogP contribution in [-0.4, -0.2) is 34.0 Å². The van der Waals surface area contributed by atoms with E-state index in [-0.39, 0.29) is 17.8 Å². The molecule has 0 aromatic carbocycles. The van der Waals surface area contributed by atoms with E-state index in [1.165, 1.54) is 0 Å². The smallest absolute Gasteiger partial charge is 0.309 e. The van der Waals surface area contributed by atoms with E-state index in [0.717, 1.165) is 18.4 Å². The Hall–Kier alpha value is -0.870. The molecule has 0 unspecified atom stereocenters. The van der Waals surface area contributed by atoms with Crippen molar-refractivity contribution in [3.05, 3.63) is 11.6 Å². The Balaban J connectivity index is 2.11. The minimum absolute atomic E-state index is 0.0548. The Kier molecular flexibility index (Phi) is 2.64. The van der Waals surface area contributed by atoms with E-state index < -0.39 is 23.2 Å². The Bertz CT molecular complexity index is 457. The maximum atomic E-state index is 11.8. The van der Waals surface area contributed by atoms with Gasteiger partial charge in [0.05, 0.1) is 12.0 Å². The van der Waals surface area contributed by atoms with Gasteiger partial charge in [-0.15, -0.1) is 0 Å². The number of carbonyl (C=O) groups is 1. The number of hydrogen-bond donors (Lipinski definition) is 2. The summed E-state index contributed by atoms with van der Waals surface area (Å²) >= 11 is 0. The molecule has 2 aliphatic carbocycles. The molecule has 0 aromatic heterocycles. The molecule has 1 heterocycles. The van der Waals surface area contributed by atoms with Crippen molar-refractivity contribution in [3.8, 4) is 0 Å². The van der Waals surface area contributed by atoms with E-state index in [2.05, 4.69) is 0 Å². The van der Waals surface area contributed by atoms with Gasteiger partial charge >= 0.3 is 5.97 Å². The molecule has 1 saturated heterocycles. The molecule has 19 heavy (non-hydrogen) atoms. The molecule has 0 spiro atoms. The zero-order valence-electron chi connectivity index (χ0n) is 11.7. The van der Waals surface area contributed by atoms with Crippen LogP contribution in [0.25, 0.3) is 0 Å². The van der Waals surface area contributed by atoms with Crippen molar-refractivity contribution < 1.29 is 19.7 Å². The summed E-state index contributed by atoms with van der Waals surface area (Å²) in [7, 11) is 0. The predicted octanol–water partition coefficient (Wildman–Crippen LogP) is 1.41. The van der Waals surface area contributed by atoms with E-state index in [1.807, 2.05) is 26.8 Å². The molecule has 2 fully saturated rings. The van der Waals surface area contributed by atoms with Gasteiger partial charge in [-0.2, -0.15) is 0 Å². The van der Waals surface area contributed by atoms with Gasteiger partial charge in [0.25, 0.3) is 0 Å². The van der Waals surface area contributed by atoms with Crippen LogP contribution in [0.2, 0.25) is 0 Å². The summed E-state index contributed by atoms with van der Waals surface area (Å²) in [5.41, 5.74) is -1.03. The van der Waals surface area contributed by atoms with Gasteiger partial charge in [-0.05, 0) is 31.8 Å². The van der Waals surface area contributed by atoms with Gasteiger partial charge in [0.2, 0.25) is 0 Å². The molecule has 0 aromatic rings. The number of fused-ring (bicyclic) bond motifs is 3. The molecule has 0 radical (unpaired) electrons. The molecular weight excluding hydrogens is 244 g/mol. The highest BCUT2D eigenvalue weighted by atomic mass is 16.6. The fourth-order valence-electron chi connectivity index (χ4n) is 4.33. The summed E-state index contributed by atoms with van der Waals surface area (Å²) in [4.78, 5) is 11.8. The highest BCUT2D eigenvalue weighted by Gasteiger charge is 2.66. The van der Waals surface area contributed by atoms with E-state index in [0.29, 0.717) is 6.42 Å². The lowest BCUT2D eigenvalue weighted by Crippen LogP contribution is -2.66. The van der Waals surface area contributed by atoms with Gasteiger partial charge in [-0.25, -0.2) is 0 Å². The molecule has 6 atom stereocenters. The minimum Gasteiger partial charge on any atom is -0.458 e. The number of esters is 1. The highest BCUT2D eigenvalue weighted by Crippen LogP contribution is 2.58. The predicted molar refractivity (Wildman–Crippen MR) is 69.2 cm³/mol. The van der Waals surface area contributed by atoms with Crippen LogP contribution in [0.3, 0.4) is 0 Å². The highest BCUT2D eigenvalue weighted by molar-refractivity contribution is 5.75. The first-order valence-electron chi connectivity index (χ1n) is 7.10. The molecule has 2 N–H and O–H groups in total. The van der Waals surface area contributed by atoms with Crippen molar-refractivity contribution in [1.29, 1.82) is 0 Å². The van der Waals surface area contributed by atoms with Crippen LogP contribution < -0.4 is 0 Å². The molecule has 1 saturated carbocycles. The number of aliphatic hydroxyl groups is 2. The second-order valence-electron chi connectivity index (χ2n) is 6.67. The monoisotopic (exact) mass is 266 g/mol. The van der Waals surface area contributed by atoms with Crippen molar-refractivity contribution >= 4 is 5.97 Å². The molecule has 4 nitrogen and oxygen atoms in total. The van der Waals surface area contributed by atoms with Crippen LogP contribution in [0.4, 0.5) is 0 Å². The van der Waals surface area contributed by atoms with Gasteiger partial charge in [0, 0.05) is 11.3 Å². The van der Waals surface area contributed by atoms with Crippen LogP contribution in [0.15, 0.2) is 11.6 Å². The zero-order valence-corrected chi connectivity index (χ0v) is 11.7. The molecule has 106 valence electrons. The maximum absolute atomic E-state index is 11.8. The molecule has 0 amide bonds. The van der Waals surface area contributed by atoms with Crippen LogP contribution in [0.5, 0.6) is 0 Å². The molecule has 0 bridgehead atoms. The van der Waals surface area contributed by atoms with Crippen molar-refractivity contribution in [2.75, 3.05) is 0 Å². The summed E-state index contributed by atoms with van der Waals surface area (Å²) in [5.74, 6) is -0.329. The number of rotatable bonds is 0. The second kappa shape index (κ2) is 3.83. The second-order valence-corrected chi connectivity index (χ2v) is 6.67. The molecule has 1 aliphatic heterocycles. The Morgan fingerprint density at radius 1 is 1.47 bits per heavy atom. The SMILES string of the molecule is CC1=CC[C@H](O)[C@]2(C)CC[C@H]3[C@H](C)C(=O)O[C@@H]3[C@]12O. The third-order valence-corrected chi connectivity index (χ3v) is 5.91. The van der Waals surface area contributed by atoms with Crippen molar-refractivity contribution in [1.82, 2.24) is 0 Å². The third-order valence-electron chi connectivity index (χ3n) is 5.91. The fourth-order valence-corrected chi connectivity index (χ4v) is 4.33. The average Bonchev–Trinajstić information content (AvgIpc) is 2.66. The summed E-state index contributed by atoms with van der Waals surface area (Å²) in [6.45, 7) is 5.67. The van der Waals surface area contributed by atoms with E-state index >= 15 is 0 Å². The van der Waals surface area contributed by atoms with Crippen molar-refractivity contribution in [3.63, 3.8) is 0 Å². The van der Waals surface area contributed by atoms with Gasteiger partial charge in [0.15, 0.2) is 0 Å². The van der Waals surface area contributed by atoms with E-state index in [1.54, 1.807) is 0 Å². The number of aliphatic hydroxyl groups excluding tert-OH is 1. The standard InChI is InChI=1S/C15H22O4/c1-8-4-5-11(16)14(3)7-6-10-9(2)13(17)19-12(10)15(8,14)18/h4,9-12,16,18H,5-7H2,1-3H3/t9-,10-,11-,12-,14-,15+/m0/s1.